The molecule has 4 fully saturated rings. The van der Waals surface area contributed by atoms with Gasteiger partial charge in [0, 0.05) is 11.9 Å². The molecule has 30 heavy (non-hydrogen) atoms. The third kappa shape index (κ3) is 3.60. The molecule has 168 valence electrons. The van der Waals surface area contributed by atoms with Crippen molar-refractivity contribution in [1.82, 2.24) is 0 Å². The lowest BCUT2D eigenvalue weighted by Crippen LogP contribution is -2.54. The third-order valence-corrected chi connectivity index (χ3v) is 9.94. The SMILES string of the molecule is CC(=O)[C@H]1CC[C@H]2[C@@H]3CC[C@@H]4C[C@H](OC(=O)CCC(=O)[O-])CC[C@]4(C)[C@H]3CC[C@]12C. The van der Waals surface area contributed by atoms with Crippen molar-refractivity contribution < 1.29 is 24.2 Å². The van der Waals surface area contributed by atoms with E-state index in [4.69, 9.17) is 4.74 Å². The van der Waals surface area contributed by atoms with E-state index in [1.165, 1.54) is 32.1 Å². The number of hydrogen-bond acceptors (Lipinski definition) is 5. The summed E-state index contributed by atoms with van der Waals surface area (Å²) in [6.07, 6.45) is 9.54. The molecule has 0 radical (unpaired) electrons. The van der Waals surface area contributed by atoms with Crippen molar-refractivity contribution in [2.45, 2.75) is 97.5 Å². The van der Waals surface area contributed by atoms with Crippen LogP contribution in [0.4, 0.5) is 0 Å². The van der Waals surface area contributed by atoms with Crippen LogP contribution in [-0.4, -0.2) is 23.8 Å². The van der Waals surface area contributed by atoms with Gasteiger partial charge in [-0.3, -0.25) is 9.59 Å². The summed E-state index contributed by atoms with van der Waals surface area (Å²) in [6.45, 7) is 6.66. The minimum atomic E-state index is -1.20. The van der Waals surface area contributed by atoms with Gasteiger partial charge >= 0.3 is 5.97 Å². The number of ether oxygens (including phenoxy) is 1. The van der Waals surface area contributed by atoms with E-state index in [0.29, 0.717) is 23.0 Å². The fraction of sp³-hybridized carbons (Fsp3) is 0.880. The molecule has 0 aromatic rings. The highest BCUT2D eigenvalue weighted by Gasteiger charge is 2.60. The average molecular weight is 418 g/mol. The zero-order chi connectivity index (χ0) is 21.7. The van der Waals surface area contributed by atoms with Gasteiger partial charge in [-0.05, 0) is 106 Å². The molecule has 4 aliphatic rings. The van der Waals surface area contributed by atoms with Gasteiger partial charge in [-0.15, -0.1) is 0 Å². The molecular formula is C25H37O5-. The molecule has 0 aromatic carbocycles. The van der Waals surface area contributed by atoms with E-state index >= 15 is 0 Å². The summed E-state index contributed by atoms with van der Waals surface area (Å²) in [4.78, 5) is 34.9. The monoisotopic (exact) mass is 417 g/mol. The topological polar surface area (TPSA) is 83.5 Å². The molecular weight excluding hydrogens is 380 g/mol. The average Bonchev–Trinajstić information content (AvgIpc) is 3.04. The Morgan fingerprint density at radius 3 is 2.30 bits per heavy atom. The fourth-order valence-corrected chi connectivity index (χ4v) is 8.44. The summed E-state index contributed by atoms with van der Waals surface area (Å²) >= 11 is 0. The van der Waals surface area contributed by atoms with Crippen LogP contribution in [0, 0.1) is 40.4 Å². The predicted molar refractivity (Wildman–Crippen MR) is 110 cm³/mol. The van der Waals surface area contributed by atoms with Gasteiger partial charge in [-0.2, -0.15) is 0 Å². The molecule has 0 aromatic heterocycles. The minimum Gasteiger partial charge on any atom is -0.550 e. The molecule has 4 aliphatic carbocycles. The molecule has 0 saturated heterocycles. The van der Waals surface area contributed by atoms with Gasteiger partial charge < -0.3 is 14.6 Å². The van der Waals surface area contributed by atoms with Crippen LogP contribution in [0.5, 0.6) is 0 Å². The lowest BCUT2D eigenvalue weighted by atomic mass is 9.44. The maximum Gasteiger partial charge on any atom is 0.306 e. The maximum atomic E-state index is 12.3. The van der Waals surface area contributed by atoms with Gasteiger partial charge in [0.2, 0.25) is 0 Å². The Balaban J connectivity index is 1.42. The smallest absolute Gasteiger partial charge is 0.306 e. The molecule has 0 N–H and O–H groups in total. The quantitative estimate of drug-likeness (QED) is 0.637. The Hall–Kier alpha value is -1.39. The number of carbonyl (C=O) groups is 3. The first-order valence-electron chi connectivity index (χ1n) is 12.0. The number of carbonyl (C=O) groups excluding carboxylic acids is 3. The molecule has 8 atom stereocenters. The zero-order valence-electron chi connectivity index (χ0n) is 18.8. The summed E-state index contributed by atoms with van der Waals surface area (Å²) in [7, 11) is 0. The van der Waals surface area contributed by atoms with Crippen LogP contribution in [0.1, 0.15) is 91.4 Å². The van der Waals surface area contributed by atoms with Gasteiger partial charge in [0.1, 0.15) is 11.9 Å². The van der Waals surface area contributed by atoms with E-state index in [0.717, 1.165) is 37.5 Å². The van der Waals surface area contributed by atoms with Crippen LogP contribution in [-0.2, 0) is 19.1 Å². The lowest BCUT2D eigenvalue weighted by molar-refractivity contribution is -0.305. The lowest BCUT2D eigenvalue weighted by Gasteiger charge is -2.61. The van der Waals surface area contributed by atoms with E-state index in [2.05, 4.69) is 13.8 Å². The van der Waals surface area contributed by atoms with Crippen LogP contribution >= 0.6 is 0 Å². The standard InChI is InChI=1S/C25H38O5/c1-15(26)19-6-7-20-18-5-4-16-14-17(30-23(29)9-8-22(27)28)10-12-24(16,2)21(18)11-13-25(19,20)3/h16-21H,4-14H2,1-3H3,(H,27,28)/p-1/t16-,17-,18+,19-,20+,21+,24+,25-/m1/s1. The highest BCUT2D eigenvalue weighted by molar-refractivity contribution is 5.79. The van der Waals surface area contributed by atoms with E-state index < -0.39 is 11.9 Å². The molecule has 4 saturated carbocycles. The van der Waals surface area contributed by atoms with E-state index in [1.54, 1.807) is 6.92 Å². The van der Waals surface area contributed by atoms with Gasteiger partial charge in [-0.1, -0.05) is 13.8 Å². The fourth-order valence-electron chi connectivity index (χ4n) is 8.44. The molecule has 0 heterocycles. The van der Waals surface area contributed by atoms with Gasteiger partial charge in [0.25, 0.3) is 0 Å². The van der Waals surface area contributed by atoms with Crippen LogP contribution in [0.15, 0.2) is 0 Å². The molecule has 0 aliphatic heterocycles. The maximum absolute atomic E-state index is 12.3. The Labute approximate surface area is 180 Å². The van der Waals surface area contributed by atoms with Crippen molar-refractivity contribution in [3.63, 3.8) is 0 Å². The molecule has 0 spiro atoms. The number of fused-ring (bicyclic) bond motifs is 5. The van der Waals surface area contributed by atoms with Crippen LogP contribution in [0.3, 0.4) is 0 Å². The third-order valence-electron chi connectivity index (χ3n) is 9.94. The van der Waals surface area contributed by atoms with Crippen molar-refractivity contribution in [2.75, 3.05) is 0 Å². The molecule has 0 unspecified atom stereocenters. The highest BCUT2D eigenvalue weighted by Crippen LogP contribution is 2.67. The number of carboxylic acids is 1. The zero-order valence-corrected chi connectivity index (χ0v) is 18.8. The Morgan fingerprint density at radius 2 is 1.60 bits per heavy atom. The summed E-state index contributed by atoms with van der Waals surface area (Å²) in [5.74, 6) is 1.74. The summed E-state index contributed by atoms with van der Waals surface area (Å²) in [5.41, 5.74) is 0.494. The summed E-state index contributed by atoms with van der Waals surface area (Å²) in [6, 6.07) is 0. The van der Waals surface area contributed by atoms with Crippen LogP contribution < -0.4 is 5.11 Å². The second kappa shape index (κ2) is 7.94. The number of ketones is 1. The largest absolute Gasteiger partial charge is 0.550 e. The van der Waals surface area contributed by atoms with Gasteiger partial charge in [0.05, 0.1) is 6.42 Å². The first-order valence-corrected chi connectivity index (χ1v) is 12.0. The van der Waals surface area contributed by atoms with Crippen LogP contribution in [0.25, 0.3) is 0 Å². The summed E-state index contributed by atoms with van der Waals surface area (Å²) in [5, 5.41) is 10.6. The minimum absolute atomic E-state index is 0.0729. The van der Waals surface area contributed by atoms with Crippen molar-refractivity contribution in [3.05, 3.63) is 0 Å². The summed E-state index contributed by atoms with van der Waals surface area (Å²) < 4.78 is 5.63. The normalized spacial score (nSPS) is 45.0. The van der Waals surface area contributed by atoms with Crippen molar-refractivity contribution in [2.24, 2.45) is 40.4 Å². The molecule has 0 amide bonds. The second-order valence-corrected chi connectivity index (χ2v) is 11.2. The van der Waals surface area contributed by atoms with Crippen molar-refractivity contribution in [1.29, 1.82) is 0 Å². The molecule has 5 heteroatoms. The van der Waals surface area contributed by atoms with E-state index in [1.807, 2.05) is 0 Å². The Kier molecular flexibility index (Phi) is 5.78. The van der Waals surface area contributed by atoms with Gasteiger partial charge in [-0.25, -0.2) is 0 Å². The Bertz CT molecular complexity index is 716. The van der Waals surface area contributed by atoms with E-state index in [9.17, 15) is 19.5 Å². The number of hydrogen-bond donors (Lipinski definition) is 0. The van der Waals surface area contributed by atoms with E-state index in [-0.39, 0.29) is 30.3 Å². The molecule has 4 rings (SSSR count). The second-order valence-electron chi connectivity index (χ2n) is 11.2. The predicted octanol–water partition coefficient (Wildman–Crippen LogP) is 3.68. The van der Waals surface area contributed by atoms with Crippen molar-refractivity contribution >= 4 is 17.7 Å². The molecule has 5 nitrogen and oxygen atoms in total. The highest BCUT2D eigenvalue weighted by atomic mass is 16.5. The van der Waals surface area contributed by atoms with Crippen LogP contribution in [0.2, 0.25) is 0 Å². The molecule has 0 bridgehead atoms. The van der Waals surface area contributed by atoms with Gasteiger partial charge in [0.15, 0.2) is 0 Å². The first kappa shape index (κ1) is 21.8. The number of carboxylic acid groups (broad SMARTS) is 1. The first-order chi connectivity index (χ1) is 14.1. The number of rotatable bonds is 5. The number of Topliss-reactive ketones (excluding diaryl/α,β-unsaturated/α-hetero) is 1. The van der Waals surface area contributed by atoms with Crippen molar-refractivity contribution in [3.8, 4) is 0 Å². The number of esters is 1. The number of aliphatic carboxylic acids is 1. The Morgan fingerprint density at radius 1 is 0.900 bits per heavy atom.